The molecule has 2 fully saturated rings. The van der Waals surface area contributed by atoms with E-state index >= 15 is 0 Å². The predicted octanol–water partition coefficient (Wildman–Crippen LogP) is 2.66. The molecule has 0 atom stereocenters. The van der Waals surface area contributed by atoms with Crippen LogP contribution in [0.25, 0.3) is 16.7 Å². The van der Waals surface area contributed by atoms with Gasteiger partial charge < -0.3 is 30.2 Å². The highest BCUT2D eigenvalue weighted by Crippen LogP contribution is 2.34. The molecular formula is C25H36N8O. The van der Waals surface area contributed by atoms with Gasteiger partial charge in [-0.2, -0.15) is 4.98 Å². The maximum Gasteiger partial charge on any atom is 0.222 e. The van der Waals surface area contributed by atoms with Crippen LogP contribution >= 0.6 is 0 Å². The average molecular weight is 465 g/mol. The number of nitrogens with zero attached hydrogens (tertiary/aromatic N) is 6. The summed E-state index contributed by atoms with van der Waals surface area (Å²) in [6.45, 7) is 9.68. The Bertz CT molecular complexity index is 1130. The van der Waals surface area contributed by atoms with Crippen LogP contribution < -0.4 is 20.7 Å². The van der Waals surface area contributed by atoms with Crippen molar-refractivity contribution in [1.82, 2.24) is 24.3 Å². The molecule has 182 valence electrons. The zero-order valence-electron chi connectivity index (χ0n) is 20.5. The highest BCUT2D eigenvalue weighted by molar-refractivity contribution is 5.89. The number of nitrogen functional groups attached to an aromatic ring is 1. The molecule has 4 heterocycles. The first kappa shape index (κ1) is 22.7. The van der Waals surface area contributed by atoms with Crippen molar-refractivity contribution in [2.24, 2.45) is 0 Å². The third-order valence-electron chi connectivity index (χ3n) is 7.20. The fourth-order valence-electron chi connectivity index (χ4n) is 5.29. The molecule has 0 amide bonds. The molecule has 1 aromatic carbocycles. The number of likely N-dealkylation sites (N-methyl/N-ethyl adjacent to an activating group) is 1. The quantitative estimate of drug-likeness (QED) is 0.576. The molecule has 0 radical (unpaired) electrons. The van der Waals surface area contributed by atoms with Crippen molar-refractivity contribution in [3.8, 4) is 11.4 Å². The number of fused-ring (bicyclic) bond motifs is 1. The van der Waals surface area contributed by atoms with Crippen LogP contribution in [0, 0.1) is 0 Å². The maximum absolute atomic E-state index is 5.92. The van der Waals surface area contributed by atoms with E-state index < -0.39 is 0 Å². The Balaban J connectivity index is 1.37. The maximum atomic E-state index is 5.92. The monoisotopic (exact) mass is 464 g/mol. The molecule has 0 aliphatic carbocycles. The van der Waals surface area contributed by atoms with E-state index in [2.05, 4.69) is 59.8 Å². The minimum Gasteiger partial charge on any atom is -0.494 e. The largest absolute Gasteiger partial charge is 0.494 e. The van der Waals surface area contributed by atoms with Gasteiger partial charge in [-0.1, -0.05) is 0 Å². The SMILES string of the molecule is CCNc1nc(N)nc2ccn(-c3ccc(N4CCC(N5CCN(C)CC5)CC4)cc3OC)c12. The van der Waals surface area contributed by atoms with E-state index in [0.29, 0.717) is 6.04 Å². The van der Waals surface area contributed by atoms with E-state index in [0.717, 1.165) is 47.9 Å². The summed E-state index contributed by atoms with van der Waals surface area (Å²) >= 11 is 0. The summed E-state index contributed by atoms with van der Waals surface area (Å²) in [6, 6.07) is 9.15. The van der Waals surface area contributed by atoms with Crippen molar-refractivity contribution < 1.29 is 4.74 Å². The van der Waals surface area contributed by atoms with Gasteiger partial charge in [0, 0.05) is 69.8 Å². The first-order valence-electron chi connectivity index (χ1n) is 12.3. The number of nitrogens with one attached hydrogen (secondary N) is 1. The van der Waals surface area contributed by atoms with E-state index in [1.807, 2.05) is 19.2 Å². The lowest BCUT2D eigenvalue weighted by molar-refractivity contribution is 0.0982. The number of benzene rings is 1. The summed E-state index contributed by atoms with van der Waals surface area (Å²) in [4.78, 5) is 16.4. The van der Waals surface area contributed by atoms with E-state index in [1.54, 1.807) is 7.11 Å². The summed E-state index contributed by atoms with van der Waals surface area (Å²) < 4.78 is 7.93. The number of anilines is 3. The number of aromatic nitrogens is 3. The highest BCUT2D eigenvalue weighted by atomic mass is 16.5. The molecule has 2 aliphatic heterocycles. The molecule has 0 unspecified atom stereocenters. The highest BCUT2D eigenvalue weighted by Gasteiger charge is 2.27. The lowest BCUT2D eigenvalue weighted by Gasteiger charge is -2.42. The smallest absolute Gasteiger partial charge is 0.222 e. The number of hydrogen-bond donors (Lipinski definition) is 2. The Hall–Kier alpha value is -3.04. The van der Waals surface area contributed by atoms with Crippen LogP contribution in [-0.2, 0) is 0 Å². The van der Waals surface area contributed by atoms with E-state index in [1.165, 1.54) is 44.7 Å². The van der Waals surface area contributed by atoms with E-state index in [4.69, 9.17) is 10.5 Å². The van der Waals surface area contributed by atoms with Crippen LogP contribution in [0.1, 0.15) is 19.8 Å². The van der Waals surface area contributed by atoms with E-state index in [-0.39, 0.29) is 5.95 Å². The van der Waals surface area contributed by atoms with Gasteiger partial charge in [-0.05, 0) is 45.0 Å². The Morgan fingerprint density at radius 2 is 1.82 bits per heavy atom. The molecule has 2 saturated heterocycles. The number of piperazine rings is 1. The number of nitrogens with two attached hydrogens (primary N) is 1. The second kappa shape index (κ2) is 9.68. The fourth-order valence-corrected chi connectivity index (χ4v) is 5.29. The van der Waals surface area contributed by atoms with Crippen molar-refractivity contribution in [1.29, 1.82) is 0 Å². The van der Waals surface area contributed by atoms with Gasteiger partial charge in [-0.25, -0.2) is 4.98 Å². The number of methoxy groups -OCH3 is 1. The molecule has 3 N–H and O–H groups in total. The molecular weight excluding hydrogens is 428 g/mol. The fraction of sp³-hybridized carbons (Fsp3) is 0.520. The van der Waals surface area contributed by atoms with Gasteiger partial charge in [-0.3, -0.25) is 4.90 Å². The van der Waals surface area contributed by atoms with Crippen molar-refractivity contribution in [3.05, 3.63) is 30.5 Å². The molecule has 34 heavy (non-hydrogen) atoms. The summed E-state index contributed by atoms with van der Waals surface area (Å²) in [5.41, 5.74) is 9.79. The molecule has 0 spiro atoms. The van der Waals surface area contributed by atoms with Crippen molar-refractivity contribution in [2.45, 2.75) is 25.8 Å². The normalized spacial score (nSPS) is 18.5. The Kier molecular flexibility index (Phi) is 6.47. The molecule has 3 aromatic rings. The number of ether oxygens (including phenoxy) is 1. The Morgan fingerprint density at radius 3 is 2.53 bits per heavy atom. The Labute approximate surface area is 201 Å². The van der Waals surface area contributed by atoms with Gasteiger partial charge in [0.1, 0.15) is 11.3 Å². The minimum absolute atomic E-state index is 0.267. The van der Waals surface area contributed by atoms with Crippen molar-refractivity contribution >= 4 is 28.5 Å². The molecule has 9 nitrogen and oxygen atoms in total. The Morgan fingerprint density at radius 1 is 1.06 bits per heavy atom. The third kappa shape index (κ3) is 4.37. The van der Waals surface area contributed by atoms with Gasteiger partial charge in [-0.15, -0.1) is 0 Å². The van der Waals surface area contributed by atoms with Crippen LogP contribution in [0.5, 0.6) is 5.75 Å². The van der Waals surface area contributed by atoms with Gasteiger partial charge in [0.15, 0.2) is 5.82 Å². The standard InChI is InChI=1S/C25H36N8O/c1-4-27-24-23-20(28-25(26)29-24)9-12-33(23)21-6-5-19(17-22(21)34-3)31-10-7-18(8-11-31)32-15-13-30(2)14-16-32/h5-6,9,12,17-18H,4,7-8,10-11,13-16H2,1-3H3,(H3,26,27,28,29). The predicted molar refractivity (Wildman–Crippen MR) is 138 cm³/mol. The van der Waals surface area contributed by atoms with Gasteiger partial charge >= 0.3 is 0 Å². The van der Waals surface area contributed by atoms with Crippen LogP contribution in [0.15, 0.2) is 30.5 Å². The summed E-state index contributed by atoms with van der Waals surface area (Å²) in [5, 5.41) is 3.31. The molecule has 5 rings (SSSR count). The van der Waals surface area contributed by atoms with Gasteiger partial charge in [0.25, 0.3) is 0 Å². The molecule has 0 saturated carbocycles. The molecule has 0 bridgehead atoms. The minimum atomic E-state index is 0.267. The van der Waals surface area contributed by atoms with Crippen LogP contribution in [0.4, 0.5) is 17.5 Å². The lowest BCUT2D eigenvalue weighted by atomic mass is 10.0. The van der Waals surface area contributed by atoms with Crippen LogP contribution in [0.2, 0.25) is 0 Å². The van der Waals surface area contributed by atoms with Gasteiger partial charge in [0.05, 0.1) is 18.3 Å². The topological polar surface area (TPSA) is 87.7 Å². The third-order valence-corrected chi connectivity index (χ3v) is 7.20. The summed E-state index contributed by atoms with van der Waals surface area (Å²) in [6.07, 6.45) is 4.42. The van der Waals surface area contributed by atoms with Gasteiger partial charge in [0.2, 0.25) is 5.95 Å². The second-order valence-corrected chi connectivity index (χ2v) is 9.29. The first-order chi connectivity index (χ1) is 16.6. The zero-order chi connectivity index (χ0) is 23.7. The number of hydrogen-bond acceptors (Lipinski definition) is 8. The number of rotatable bonds is 6. The molecule has 9 heteroatoms. The summed E-state index contributed by atoms with van der Waals surface area (Å²) in [5.74, 6) is 1.83. The molecule has 2 aromatic heterocycles. The molecule has 2 aliphatic rings. The zero-order valence-corrected chi connectivity index (χ0v) is 20.5. The van der Waals surface area contributed by atoms with Crippen LogP contribution in [-0.4, -0.2) is 90.3 Å². The summed E-state index contributed by atoms with van der Waals surface area (Å²) in [7, 11) is 3.95. The van der Waals surface area contributed by atoms with E-state index in [9.17, 15) is 0 Å². The van der Waals surface area contributed by atoms with Crippen molar-refractivity contribution in [3.63, 3.8) is 0 Å². The number of piperidine rings is 1. The van der Waals surface area contributed by atoms with Crippen LogP contribution in [0.3, 0.4) is 0 Å². The second-order valence-electron chi connectivity index (χ2n) is 9.29. The van der Waals surface area contributed by atoms with Crippen molar-refractivity contribution in [2.75, 3.05) is 75.9 Å². The first-order valence-corrected chi connectivity index (χ1v) is 12.3. The lowest BCUT2D eigenvalue weighted by Crippen LogP contribution is -2.52. The average Bonchev–Trinajstić information content (AvgIpc) is 3.28.